The van der Waals surface area contributed by atoms with Gasteiger partial charge in [-0.15, -0.1) is 11.8 Å². The molecule has 1 aromatic heterocycles. The topological polar surface area (TPSA) is 24.9 Å². The monoisotopic (exact) mass is 258 g/mol. The van der Waals surface area contributed by atoms with Crippen LogP contribution in [0.5, 0.6) is 0 Å². The van der Waals surface area contributed by atoms with E-state index in [1.165, 1.54) is 10.5 Å². The van der Waals surface area contributed by atoms with Crippen molar-refractivity contribution in [1.82, 2.24) is 4.98 Å². The third kappa shape index (κ3) is 3.77. The molecule has 0 saturated carbocycles. The van der Waals surface area contributed by atoms with Crippen molar-refractivity contribution in [1.29, 1.82) is 0 Å². The van der Waals surface area contributed by atoms with Gasteiger partial charge in [-0.1, -0.05) is 31.2 Å². The molecule has 0 saturated heterocycles. The number of thioether (sulfide) groups is 1. The second-order valence-electron chi connectivity index (χ2n) is 4.04. The fourth-order valence-corrected chi connectivity index (χ4v) is 2.54. The van der Waals surface area contributed by atoms with Crippen LogP contribution < -0.4 is 5.32 Å². The zero-order chi connectivity index (χ0) is 12.6. The number of pyridine rings is 1. The van der Waals surface area contributed by atoms with Gasteiger partial charge in [-0.25, -0.2) is 4.98 Å². The predicted octanol–water partition coefficient (Wildman–Crippen LogP) is 4.20. The van der Waals surface area contributed by atoms with Gasteiger partial charge in [0.1, 0.15) is 5.82 Å². The Balaban J connectivity index is 2.00. The molecule has 2 rings (SSSR count). The summed E-state index contributed by atoms with van der Waals surface area (Å²) in [5.74, 6) is 1.96. The van der Waals surface area contributed by atoms with E-state index in [-0.39, 0.29) is 0 Å². The van der Waals surface area contributed by atoms with Crippen molar-refractivity contribution in [2.24, 2.45) is 0 Å². The van der Waals surface area contributed by atoms with Gasteiger partial charge in [0, 0.05) is 29.0 Å². The van der Waals surface area contributed by atoms with Crippen LogP contribution in [0, 0.1) is 0 Å². The van der Waals surface area contributed by atoms with E-state index in [0.717, 1.165) is 24.5 Å². The molecule has 0 bridgehead atoms. The van der Waals surface area contributed by atoms with E-state index in [1.807, 2.05) is 30.1 Å². The normalized spacial score (nSPS) is 10.3. The van der Waals surface area contributed by atoms with Crippen molar-refractivity contribution < 1.29 is 0 Å². The van der Waals surface area contributed by atoms with Crippen LogP contribution >= 0.6 is 11.8 Å². The van der Waals surface area contributed by atoms with Crippen LogP contribution in [0.25, 0.3) is 0 Å². The molecule has 0 fully saturated rings. The van der Waals surface area contributed by atoms with Crippen molar-refractivity contribution in [3.63, 3.8) is 0 Å². The summed E-state index contributed by atoms with van der Waals surface area (Å²) in [5.41, 5.74) is 1.26. The Kier molecular flexibility index (Phi) is 5.09. The van der Waals surface area contributed by atoms with E-state index in [0.29, 0.717) is 0 Å². The summed E-state index contributed by atoms with van der Waals surface area (Å²) in [6, 6.07) is 14.6. The highest BCUT2D eigenvalue weighted by molar-refractivity contribution is 7.98. The molecule has 0 aliphatic heterocycles. The summed E-state index contributed by atoms with van der Waals surface area (Å²) in [4.78, 5) is 5.70. The van der Waals surface area contributed by atoms with E-state index in [2.05, 4.69) is 47.6 Å². The summed E-state index contributed by atoms with van der Waals surface area (Å²) < 4.78 is 0. The molecule has 3 heteroatoms. The lowest BCUT2D eigenvalue weighted by atomic mass is 10.3. The SMILES string of the molecule is CCCNc1ncccc1CSc1ccccc1. The molecule has 2 aromatic rings. The summed E-state index contributed by atoms with van der Waals surface area (Å²) in [6.07, 6.45) is 2.95. The average Bonchev–Trinajstić information content (AvgIpc) is 2.45. The van der Waals surface area contributed by atoms with Crippen LogP contribution in [0.3, 0.4) is 0 Å². The molecule has 0 spiro atoms. The molecule has 1 aromatic carbocycles. The number of hydrogen-bond donors (Lipinski definition) is 1. The van der Waals surface area contributed by atoms with Gasteiger partial charge >= 0.3 is 0 Å². The fraction of sp³-hybridized carbons (Fsp3) is 0.267. The summed E-state index contributed by atoms with van der Waals surface area (Å²) in [7, 11) is 0. The van der Waals surface area contributed by atoms with Crippen molar-refractivity contribution >= 4 is 17.6 Å². The standard InChI is InChI=1S/C15H18N2S/c1-2-10-16-15-13(7-6-11-17-15)12-18-14-8-4-3-5-9-14/h3-9,11H,2,10,12H2,1H3,(H,16,17). The molecule has 94 valence electrons. The minimum atomic E-state index is 0.948. The maximum absolute atomic E-state index is 4.40. The van der Waals surface area contributed by atoms with Crippen molar-refractivity contribution in [3.8, 4) is 0 Å². The van der Waals surface area contributed by atoms with Crippen LogP contribution in [0.4, 0.5) is 5.82 Å². The Morgan fingerprint density at radius 2 is 1.94 bits per heavy atom. The second kappa shape index (κ2) is 7.07. The van der Waals surface area contributed by atoms with Gasteiger partial charge in [-0.05, 0) is 24.6 Å². The number of nitrogens with one attached hydrogen (secondary N) is 1. The maximum Gasteiger partial charge on any atom is 0.129 e. The molecule has 0 aliphatic carbocycles. The smallest absolute Gasteiger partial charge is 0.129 e. The van der Waals surface area contributed by atoms with E-state index >= 15 is 0 Å². The van der Waals surface area contributed by atoms with Gasteiger partial charge in [0.05, 0.1) is 0 Å². The fourth-order valence-electron chi connectivity index (χ4n) is 1.64. The molecular weight excluding hydrogens is 240 g/mol. The van der Waals surface area contributed by atoms with Gasteiger partial charge in [0.25, 0.3) is 0 Å². The Morgan fingerprint density at radius 3 is 2.72 bits per heavy atom. The van der Waals surface area contributed by atoms with E-state index < -0.39 is 0 Å². The molecule has 1 heterocycles. The van der Waals surface area contributed by atoms with Gasteiger partial charge in [0.15, 0.2) is 0 Å². The van der Waals surface area contributed by atoms with Crippen molar-refractivity contribution in [2.75, 3.05) is 11.9 Å². The summed E-state index contributed by atoms with van der Waals surface area (Å²) in [5, 5.41) is 3.37. The van der Waals surface area contributed by atoms with E-state index in [4.69, 9.17) is 0 Å². The maximum atomic E-state index is 4.40. The number of aromatic nitrogens is 1. The first kappa shape index (κ1) is 13.0. The predicted molar refractivity (Wildman–Crippen MR) is 79.0 cm³/mol. The van der Waals surface area contributed by atoms with Gasteiger partial charge in [-0.3, -0.25) is 0 Å². The first-order valence-corrected chi connectivity index (χ1v) is 7.24. The first-order chi connectivity index (χ1) is 8.90. The van der Waals surface area contributed by atoms with E-state index in [1.54, 1.807) is 0 Å². The van der Waals surface area contributed by atoms with Crippen LogP contribution in [0.2, 0.25) is 0 Å². The Bertz CT molecular complexity index is 471. The highest BCUT2D eigenvalue weighted by atomic mass is 32.2. The minimum absolute atomic E-state index is 0.948. The zero-order valence-corrected chi connectivity index (χ0v) is 11.4. The van der Waals surface area contributed by atoms with Crippen LogP contribution in [0.1, 0.15) is 18.9 Å². The van der Waals surface area contributed by atoms with Crippen LogP contribution in [0.15, 0.2) is 53.6 Å². The quantitative estimate of drug-likeness (QED) is 0.786. The molecule has 0 unspecified atom stereocenters. The molecule has 0 radical (unpaired) electrons. The third-order valence-electron chi connectivity index (χ3n) is 2.57. The average molecular weight is 258 g/mol. The molecule has 0 atom stereocenters. The lowest BCUT2D eigenvalue weighted by Gasteiger charge is -2.09. The number of anilines is 1. The Hall–Kier alpha value is -1.48. The molecular formula is C15H18N2S. The molecule has 1 N–H and O–H groups in total. The molecule has 0 amide bonds. The Labute approximate surface area is 113 Å². The minimum Gasteiger partial charge on any atom is -0.370 e. The number of benzene rings is 1. The van der Waals surface area contributed by atoms with Crippen molar-refractivity contribution in [2.45, 2.75) is 24.0 Å². The van der Waals surface area contributed by atoms with Gasteiger partial charge < -0.3 is 5.32 Å². The lowest BCUT2D eigenvalue weighted by molar-refractivity contribution is 0.965. The highest BCUT2D eigenvalue weighted by Gasteiger charge is 2.03. The zero-order valence-electron chi connectivity index (χ0n) is 10.6. The third-order valence-corrected chi connectivity index (χ3v) is 3.63. The highest BCUT2D eigenvalue weighted by Crippen LogP contribution is 2.25. The van der Waals surface area contributed by atoms with Crippen molar-refractivity contribution in [3.05, 3.63) is 54.2 Å². The summed E-state index contributed by atoms with van der Waals surface area (Å²) in [6.45, 7) is 3.13. The van der Waals surface area contributed by atoms with E-state index in [9.17, 15) is 0 Å². The Morgan fingerprint density at radius 1 is 1.11 bits per heavy atom. The molecule has 0 aliphatic rings. The lowest BCUT2D eigenvalue weighted by Crippen LogP contribution is -2.04. The van der Waals surface area contributed by atoms with Gasteiger partial charge in [0.2, 0.25) is 0 Å². The number of rotatable bonds is 6. The molecule has 18 heavy (non-hydrogen) atoms. The van der Waals surface area contributed by atoms with Gasteiger partial charge in [-0.2, -0.15) is 0 Å². The number of hydrogen-bond acceptors (Lipinski definition) is 3. The van der Waals surface area contributed by atoms with Crippen LogP contribution in [-0.4, -0.2) is 11.5 Å². The second-order valence-corrected chi connectivity index (χ2v) is 5.09. The summed E-state index contributed by atoms with van der Waals surface area (Å²) >= 11 is 1.84. The first-order valence-electron chi connectivity index (χ1n) is 6.25. The number of nitrogens with zero attached hydrogens (tertiary/aromatic N) is 1. The largest absolute Gasteiger partial charge is 0.370 e. The molecule has 2 nitrogen and oxygen atoms in total. The van der Waals surface area contributed by atoms with Crippen LogP contribution in [-0.2, 0) is 5.75 Å².